The molecule has 2 N–H and O–H groups in total. The molecule has 0 aliphatic rings. The third kappa shape index (κ3) is 3.81. The molecular weight excluding hydrogens is 294 g/mol. The van der Waals surface area contributed by atoms with Crippen molar-refractivity contribution in [1.82, 2.24) is 0 Å². The maximum absolute atomic E-state index is 11.9. The average Bonchev–Trinajstić information content (AvgIpc) is 2.59. The summed E-state index contributed by atoms with van der Waals surface area (Å²) in [7, 11) is 2.87. The minimum Gasteiger partial charge on any atom is -0.493 e. The Hall–Kier alpha value is -2.53. The van der Waals surface area contributed by atoms with Gasteiger partial charge in [0.15, 0.2) is 11.5 Å². The van der Waals surface area contributed by atoms with E-state index in [9.17, 15) is 4.79 Å². The van der Waals surface area contributed by atoms with E-state index < -0.39 is 11.5 Å². The van der Waals surface area contributed by atoms with Crippen molar-refractivity contribution < 1.29 is 19.0 Å². The Balaban J connectivity index is 2.27. The van der Waals surface area contributed by atoms with Crippen molar-refractivity contribution in [2.24, 2.45) is 5.73 Å². The molecule has 0 aliphatic carbocycles. The molecule has 0 aliphatic heterocycles. The monoisotopic (exact) mass is 315 g/mol. The third-order valence-electron chi connectivity index (χ3n) is 3.61. The number of esters is 1. The van der Waals surface area contributed by atoms with E-state index in [1.54, 1.807) is 32.2 Å². The van der Waals surface area contributed by atoms with E-state index in [-0.39, 0.29) is 0 Å². The smallest absolute Gasteiger partial charge is 0.330 e. The second-order valence-corrected chi connectivity index (χ2v) is 5.33. The molecule has 2 aromatic carbocycles. The number of nitrogens with two attached hydrogens (primary N) is 1. The molecule has 0 amide bonds. The standard InChI is InChI=1S/C18H21NO4/c1-18(19,17(20)22-3)14-9-10-15(21-2)16(11-14)23-12-13-7-5-4-6-8-13/h4-11H,12,19H2,1-3H3/t18-/m0/s1. The number of rotatable bonds is 6. The zero-order valence-electron chi connectivity index (χ0n) is 13.5. The van der Waals surface area contributed by atoms with E-state index in [4.69, 9.17) is 19.9 Å². The van der Waals surface area contributed by atoms with Crippen LogP contribution in [0.5, 0.6) is 11.5 Å². The maximum Gasteiger partial charge on any atom is 0.330 e. The van der Waals surface area contributed by atoms with Crippen molar-refractivity contribution in [3.63, 3.8) is 0 Å². The summed E-state index contributed by atoms with van der Waals surface area (Å²) in [6.07, 6.45) is 0. The van der Waals surface area contributed by atoms with Crippen molar-refractivity contribution in [1.29, 1.82) is 0 Å². The van der Waals surface area contributed by atoms with E-state index >= 15 is 0 Å². The number of carbonyl (C=O) groups is 1. The lowest BCUT2D eigenvalue weighted by molar-refractivity contribution is -0.146. The number of hydrogen-bond acceptors (Lipinski definition) is 5. The Bertz CT molecular complexity index is 668. The van der Waals surface area contributed by atoms with Gasteiger partial charge in [0, 0.05) is 0 Å². The third-order valence-corrected chi connectivity index (χ3v) is 3.61. The summed E-state index contributed by atoms with van der Waals surface area (Å²) in [5.74, 6) is 0.580. The molecule has 0 unspecified atom stereocenters. The van der Waals surface area contributed by atoms with Gasteiger partial charge in [-0.25, -0.2) is 4.79 Å². The number of methoxy groups -OCH3 is 2. The van der Waals surface area contributed by atoms with Crippen molar-refractivity contribution >= 4 is 5.97 Å². The van der Waals surface area contributed by atoms with Crippen LogP contribution in [0.3, 0.4) is 0 Å². The molecule has 122 valence electrons. The van der Waals surface area contributed by atoms with Gasteiger partial charge in [0.1, 0.15) is 12.1 Å². The van der Waals surface area contributed by atoms with Crippen molar-refractivity contribution in [2.45, 2.75) is 19.1 Å². The topological polar surface area (TPSA) is 70.8 Å². The molecular formula is C18H21NO4. The molecule has 0 aromatic heterocycles. The van der Waals surface area contributed by atoms with Crippen LogP contribution in [0.1, 0.15) is 18.1 Å². The van der Waals surface area contributed by atoms with Crippen LogP contribution < -0.4 is 15.2 Å². The number of benzene rings is 2. The molecule has 23 heavy (non-hydrogen) atoms. The Morgan fingerprint density at radius 3 is 2.39 bits per heavy atom. The number of ether oxygens (including phenoxy) is 3. The summed E-state index contributed by atoms with van der Waals surface area (Å²) in [6.45, 7) is 1.99. The molecule has 0 fully saturated rings. The van der Waals surface area contributed by atoms with Gasteiger partial charge in [-0.05, 0) is 30.2 Å². The van der Waals surface area contributed by atoms with Crippen molar-refractivity contribution in [2.75, 3.05) is 14.2 Å². The van der Waals surface area contributed by atoms with Gasteiger partial charge in [-0.1, -0.05) is 36.4 Å². The molecule has 1 atom stereocenters. The fourth-order valence-electron chi connectivity index (χ4n) is 2.18. The molecule has 0 bridgehead atoms. The van der Waals surface area contributed by atoms with Gasteiger partial charge in [-0.2, -0.15) is 0 Å². The minimum atomic E-state index is -1.26. The lowest BCUT2D eigenvalue weighted by atomic mass is 9.93. The van der Waals surface area contributed by atoms with Crippen LogP contribution >= 0.6 is 0 Å². The molecule has 2 rings (SSSR count). The maximum atomic E-state index is 11.9. The first-order valence-electron chi connectivity index (χ1n) is 7.21. The van der Waals surface area contributed by atoms with Crippen LogP contribution in [0, 0.1) is 0 Å². The predicted molar refractivity (Wildman–Crippen MR) is 87.3 cm³/mol. The minimum absolute atomic E-state index is 0.389. The van der Waals surface area contributed by atoms with Gasteiger partial charge >= 0.3 is 5.97 Å². The zero-order chi connectivity index (χ0) is 16.9. The summed E-state index contributed by atoms with van der Waals surface area (Å²) in [6, 6.07) is 14.9. The molecule has 0 spiro atoms. The molecule has 2 aromatic rings. The highest BCUT2D eigenvalue weighted by atomic mass is 16.5. The second-order valence-electron chi connectivity index (χ2n) is 5.33. The summed E-state index contributed by atoms with van der Waals surface area (Å²) in [4.78, 5) is 11.9. The van der Waals surface area contributed by atoms with E-state index in [1.165, 1.54) is 7.11 Å². The van der Waals surface area contributed by atoms with Crippen LogP contribution in [0.2, 0.25) is 0 Å². The Labute approximate surface area is 136 Å². The number of hydrogen-bond donors (Lipinski definition) is 1. The highest BCUT2D eigenvalue weighted by Crippen LogP contribution is 2.32. The normalized spacial score (nSPS) is 13.0. The SMILES string of the molecule is COC(=O)[C@@](C)(N)c1ccc(OC)c(OCc2ccccc2)c1. The van der Waals surface area contributed by atoms with Gasteiger partial charge in [-0.3, -0.25) is 0 Å². The van der Waals surface area contributed by atoms with Crippen LogP contribution in [0.25, 0.3) is 0 Å². The van der Waals surface area contributed by atoms with Gasteiger partial charge in [0.2, 0.25) is 0 Å². The Morgan fingerprint density at radius 1 is 1.09 bits per heavy atom. The Morgan fingerprint density at radius 2 is 1.78 bits per heavy atom. The largest absolute Gasteiger partial charge is 0.493 e. The van der Waals surface area contributed by atoms with E-state index in [0.717, 1.165) is 5.56 Å². The van der Waals surface area contributed by atoms with E-state index in [1.807, 2.05) is 30.3 Å². The van der Waals surface area contributed by atoms with Crippen LogP contribution in [0.15, 0.2) is 48.5 Å². The lowest BCUT2D eigenvalue weighted by Gasteiger charge is -2.23. The fourth-order valence-corrected chi connectivity index (χ4v) is 2.18. The van der Waals surface area contributed by atoms with Crippen LogP contribution in [-0.4, -0.2) is 20.2 Å². The molecule has 0 radical (unpaired) electrons. The van der Waals surface area contributed by atoms with Crippen molar-refractivity contribution in [3.8, 4) is 11.5 Å². The molecule has 5 heteroatoms. The average molecular weight is 315 g/mol. The van der Waals surface area contributed by atoms with Crippen LogP contribution in [0.4, 0.5) is 0 Å². The highest BCUT2D eigenvalue weighted by Gasteiger charge is 2.32. The molecule has 0 saturated carbocycles. The van der Waals surface area contributed by atoms with Crippen LogP contribution in [-0.2, 0) is 21.7 Å². The summed E-state index contributed by atoms with van der Waals surface area (Å²) >= 11 is 0. The quantitative estimate of drug-likeness (QED) is 0.830. The first kappa shape index (κ1) is 16.8. The van der Waals surface area contributed by atoms with E-state index in [0.29, 0.717) is 23.7 Å². The summed E-state index contributed by atoms with van der Waals surface area (Å²) in [5, 5.41) is 0. The molecule has 5 nitrogen and oxygen atoms in total. The van der Waals surface area contributed by atoms with Gasteiger partial charge < -0.3 is 19.9 Å². The summed E-state index contributed by atoms with van der Waals surface area (Å²) < 4.78 is 15.9. The predicted octanol–water partition coefficient (Wildman–Crippen LogP) is 2.62. The molecule has 0 heterocycles. The zero-order valence-corrected chi connectivity index (χ0v) is 13.5. The highest BCUT2D eigenvalue weighted by molar-refractivity contribution is 5.82. The first-order valence-corrected chi connectivity index (χ1v) is 7.21. The van der Waals surface area contributed by atoms with Gasteiger partial charge in [-0.15, -0.1) is 0 Å². The first-order chi connectivity index (χ1) is 11.0. The number of carbonyl (C=O) groups excluding carboxylic acids is 1. The van der Waals surface area contributed by atoms with Gasteiger partial charge in [0.25, 0.3) is 0 Å². The van der Waals surface area contributed by atoms with Gasteiger partial charge in [0.05, 0.1) is 14.2 Å². The Kier molecular flexibility index (Phi) is 5.24. The fraction of sp³-hybridized carbons (Fsp3) is 0.278. The molecule has 0 saturated heterocycles. The lowest BCUT2D eigenvalue weighted by Crippen LogP contribution is -2.42. The summed E-state index contributed by atoms with van der Waals surface area (Å²) in [5.41, 5.74) is 6.45. The van der Waals surface area contributed by atoms with E-state index in [2.05, 4.69) is 0 Å². The van der Waals surface area contributed by atoms with Crippen molar-refractivity contribution in [3.05, 3.63) is 59.7 Å². The second kappa shape index (κ2) is 7.15.